The van der Waals surface area contributed by atoms with Gasteiger partial charge < -0.3 is 10.2 Å². The van der Waals surface area contributed by atoms with E-state index in [4.69, 9.17) is 11.6 Å². The highest BCUT2D eigenvalue weighted by Crippen LogP contribution is 2.15. The average Bonchev–Trinajstić information content (AvgIpc) is 2.73. The number of benzene rings is 2. The molecule has 0 unspecified atom stereocenters. The second kappa shape index (κ2) is 9.15. The second-order valence-corrected chi connectivity index (χ2v) is 6.70. The van der Waals surface area contributed by atoms with Gasteiger partial charge in [0.2, 0.25) is 0 Å². The minimum atomic E-state index is -0.278. The Hall–Kier alpha value is -3.18. The van der Waals surface area contributed by atoms with Crippen LogP contribution in [0.1, 0.15) is 26.4 Å². The first-order chi connectivity index (χ1) is 13.5. The number of carbonyl (C=O) groups is 2. The zero-order valence-electron chi connectivity index (χ0n) is 15.4. The van der Waals surface area contributed by atoms with Gasteiger partial charge in [0.15, 0.2) is 0 Å². The number of carbonyl (C=O) groups excluding carboxylic acids is 2. The summed E-state index contributed by atoms with van der Waals surface area (Å²) in [7, 11) is 1.68. The number of para-hydroxylation sites is 1. The Morgan fingerprint density at radius 2 is 1.82 bits per heavy atom. The van der Waals surface area contributed by atoms with Gasteiger partial charge in [-0.25, -0.2) is 0 Å². The topological polar surface area (TPSA) is 62.3 Å². The molecule has 0 aliphatic heterocycles. The molecule has 0 aliphatic carbocycles. The summed E-state index contributed by atoms with van der Waals surface area (Å²) in [6, 6.07) is 19.9. The third-order valence-corrected chi connectivity index (χ3v) is 4.51. The van der Waals surface area contributed by atoms with Crippen molar-refractivity contribution in [2.45, 2.75) is 6.42 Å². The summed E-state index contributed by atoms with van der Waals surface area (Å²) in [5, 5.41) is 3.53. The fourth-order valence-electron chi connectivity index (χ4n) is 2.74. The van der Waals surface area contributed by atoms with E-state index in [0.717, 1.165) is 11.3 Å². The molecule has 1 N–H and O–H groups in total. The van der Waals surface area contributed by atoms with Gasteiger partial charge in [-0.3, -0.25) is 14.6 Å². The normalized spacial score (nSPS) is 10.4. The summed E-state index contributed by atoms with van der Waals surface area (Å²) in [6.45, 7) is 0.467. The molecule has 0 bridgehead atoms. The molecule has 0 atom stereocenters. The van der Waals surface area contributed by atoms with Gasteiger partial charge in [0, 0.05) is 36.1 Å². The van der Waals surface area contributed by atoms with Crippen molar-refractivity contribution >= 4 is 29.1 Å². The first-order valence-electron chi connectivity index (χ1n) is 8.86. The lowest BCUT2D eigenvalue weighted by Gasteiger charge is -2.17. The molecule has 0 fully saturated rings. The van der Waals surface area contributed by atoms with E-state index < -0.39 is 0 Å². The molecule has 28 heavy (non-hydrogen) atoms. The average molecular weight is 394 g/mol. The molecule has 2 amide bonds. The second-order valence-electron chi connectivity index (χ2n) is 6.27. The monoisotopic (exact) mass is 393 g/mol. The molecule has 3 rings (SSSR count). The van der Waals surface area contributed by atoms with Gasteiger partial charge >= 0.3 is 0 Å². The van der Waals surface area contributed by atoms with Crippen LogP contribution < -0.4 is 10.2 Å². The Kier molecular flexibility index (Phi) is 6.40. The summed E-state index contributed by atoms with van der Waals surface area (Å²) in [5.41, 5.74) is 2.41. The van der Waals surface area contributed by atoms with Crippen LogP contribution in [0.4, 0.5) is 5.69 Å². The van der Waals surface area contributed by atoms with Crippen molar-refractivity contribution in [2.75, 3.05) is 18.5 Å². The molecule has 0 saturated carbocycles. The number of aromatic nitrogens is 1. The minimum Gasteiger partial charge on any atom is -0.352 e. The van der Waals surface area contributed by atoms with Crippen molar-refractivity contribution < 1.29 is 9.59 Å². The lowest BCUT2D eigenvalue weighted by molar-refractivity contribution is 0.0954. The molecule has 2 aromatic carbocycles. The van der Waals surface area contributed by atoms with Crippen molar-refractivity contribution in [1.29, 1.82) is 0 Å². The summed E-state index contributed by atoms with van der Waals surface area (Å²) in [4.78, 5) is 30.7. The molecule has 6 heteroatoms. The third kappa shape index (κ3) is 4.96. The van der Waals surface area contributed by atoms with E-state index in [1.807, 2.05) is 54.6 Å². The molecular formula is C22H20ClN3O2. The highest BCUT2D eigenvalue weighted by molar-refractivity contribution is 6.30. The van der Waals surface area contributed by atoms with Crippen LogP contribution in [0, 0.1) is 0 Å². The standard InChI is InChI=1S/C22H20ClN3O2/c1-26(19-8-3-2-4-9-19)22(28)20-15-17(11-13-24-20)21(27)25-12-10-16-6-5-7-18(23)14-16/h2-9,11,13-15H,10,12H2,1H3,(H,25,27). The van der Waals surface area contributed by atoms with Gasteiger partial charge in [0.1, 0.15) is 5.69 Å². The number of rotatable bonds is 6. The van der Waals surface area contributed by atoms with Crippen LogP contribution >= 0.6 is 11.6 Å². The highest BCUT2D eigenvalue weighted by Gasteiger charge is 2.16. The molecule has 1 aromatic heterocycles. The van der Waals surface area contributed by atoms with E-state index >= 15 is 0 Å². The Balaban J connectivity index is 1.63. The van der Waals surface area contributed by atoms with Crippen molar-refractivity contribution in [1.82, 2.24) is 10.3 Å². The van der Waals surface area contributed by atoms with Crippen molar-refractivity contribution in [3.8, 4) is 0 Å². The smallest absolute Gasteiger partial charge is 0.276 e. The summed E-state index contributed by atoms with van der Waals surface area (Å²) in [5.74, 6) is -0.527. The van der Waals surface area contributed by atoms with E-state index in [9.17, 15) is 9.59 Å². The Labute approximate surface area is 169 Å². The van der Waals surface area contributed by atoms with Gasteiger partial charge in [0.25, 0.3) is 11.8 Å². The quantitative estimate of drug-likeness (QED) is 0.688. The molecule has 0 saturated heterocycles. The number of amides is 2. The van der Waals surface area contributed by atoms with Crippen molar-refractivity contribution in [3.63, 3.8) is 0 Å². The summed E-state index contributed by atoms with van der Waals surface area (Å²) in [6.07, 6.45) is 2.14. The van der Waals surface area contributed by atoms with Crippen LogP contribution in [0.3, 0.4) is 0 Å². The Morgan fingerprint density at radius 1 is 1.04 bits per heavy atom. The largest absolute Gasteiger partial charge is 0.352 e. The first kappa shape index (κ1) is 19.6. The molecule has 0 radical (unpaired) electrons. The van der Waals surface area contributed by atoms with E-state index in [1.165, 1.54) is 17.2 Å². The van der Waals surface area contributed by atoms with Crippen LogP contribution in [0.5, 0.6) is 0 Å². The SMILES string of the molecule is CN(C(=O)c1cc(C(=O)NCCc2cccc(Cl)c2)ccn1)c1ccccc1. The molecule has 5 nitrogen and oxygen atoms in total. The maximum absolute atomic E-state index is 12.7. The lowest BCUT2D eigenvalue weighted by atomic mass is 10.1. The number of hydrogen-bond acceptors (Lipinski definition) is 3. The van der Waals surface area contributed by atoms with Crippen molar-refractivity contribution in [3.05, 3.63) is 94.8 Å². The van der Waals surface area contributed by atoms with Gasteiger partial charge in [-0.15, -0.1) is 0 Å². The van der Waals surface area contributed by atoms with E-state index in [2.05, 4.69) is 10.3 Å². The van der Waals surface area contributed by atoms with Crippen LogP contribution in [0.2, 0.25) is 5.02 Å². The number of anilines is 1. The zero-order chi connectivity index (χ0) is 19.9. The van der Waals surface area contributed by atoms with Gasteiger partial charge in [-0.05, 0) is 48.4 Å². The van der Waals surface area contributed by atoms with Gasteiger partial charge in [-0.2, -0.15) is 0 Å². The molecule has 3 aromatic rings. The fraction of sp³-hybridized carbons (Fsp3) is 0.136. The first-order valence-corrected chi connectivity index (χ1v) is 9.24. The molecule has 142 valence electrons. The molecule has 0 aliphatic rings. The maximum Gasteiger partial charge on any atom is 0.276 e. The van der Waals surface area contributed by atoms with Crippen LogP contribution in [-0.4, -0.2) is 30.4 Å². The van der Waals surface area contributed by atoms with Crippen LogP contribution in [0.25, 0.3) is 0 Å². The highest BCUT2D eigenvalue weighted by atomic mass is 35.5. The summed E-state index contributed by atoms with van der Waals surface area (Å²) >= 11 is 5.97. The minimum absolute atomic E-state index is 0.217. The maximum atomic E-state index is 12.7. The third-order valence-electron chi connectivity index (χ3n) is 4.28. The van der Waals surface area contributed by atoms with E-state index in [1.54, 1.807) is 13.1 Å². The van der Waals surface area contributed by atoms with Gasteiger partial charge in [-0.1, -0.05) is 41.9 Å². The van der Waals surface area contributed by atoms with Crippen molar-refractivity contribution in [2.24, 2.45) is 0 Å². The number of nitrogens with zero attached hydrogens (tertiary/aromatic N) is 2. The number of pyridine rings is 1. The van der Waals surface area contributed by atoms with Crippen LogP contribution in [0.15, 0.2) is 72.9 Å². The van der Waals surface area contributed by atoms with E-state index in [-0.39, 0.29) is 17.5 Å². The van der Waals surface area contributed by atoms with E-state index in [0.29, 0.717) is 23.6 Å². The number of halogens is 1. The predicted octanol–water partition coefficient (Wildman–Crippen LogP) is 3.98. The molecule has 0 spiro atoms. The molecule has 1 heterocycles. The Morgan fingerprint density at radius 3 is 2.57 bits per heavy atom. The number of hydrogen-bond donors (Lipinski definition) is 1. The fourth-order valence-corrected chi connectivity index (χ4v) is 2.96. The van der Waals surface area contributed by atoms with Crippen LogP contribution in [-0.2, 0) is 6.42 Å². The van der Waals surface area contributed by atoms with Gasteiger partial charge in [0.05, 0.1) is 0 Å². The Bertz CT molecular complexity index is 976. The predicted molar refractivity (Wildman–Crippen MR) is 111 cm³/mol. The zero-order valence-corrected chi connectivity index (χ0v) is 16.2. The number of nitrogens with one attached hydrogen (secondary N) is 1. The molecular weight excluding hydrogens is 374 g/mol. The summed E-state index contributed by atoms with van der Waals surface area (Å²) < 4.78 is 0. The lowest BCUT2D eigenvalue weighted by Crippen LogP contribution is -2.29.